The van der Waals surface area contributed by atoms with Crippen molar-refractivity contribution in [3.8, 4) is 5.75 Å². The molecule has 1 saturated heterocycles. The maximum Gasteiger partial charge on any atom is 0.255 e. The molecule has 0 spiro atoms. The molecular formula is C18H19BrN2O2. The van der Waals surface area contributed by atoms with Gasteiger partial charge < -0.3 is 15.3 Å². The first-order valence-corrected chi connectivity index (χ1v) is 8.53. The van der Waals surface area contributed by atoms with Crippen LogP contribution < -0.4 is 10.2 Å². The normalized spacial score (nSPS) is 14.0. The monoisotopic (exact) mass is 374 g/mol. The third-order valence-electron chi connectivity index (χ3n) is 4.07. The van der Waals surface area contributed by atoms with Crippen molar-refractivity contribution in [1.29, 1.82) is 0 Å². The van der Waals surface area contributed by atoms with Crippen LogP contribution in [0.5, 0.6) is 5.75 Å². The highest BCUT2D eigenvalue weighted by Crippen LogP contribution is 2.23. The topological polar surface area (TPSA) is 52.6 Å². The van der Waals surface area contributed by atoms with Gasteiger partial charge in [-0.15, -0.1) is 0 Å². The molecule has 0 aromatic heterocycles. The number of amides is 1. The first kappa shape index (κ1) is 15.9. The summed E-state index contributed by atoms with van der Waals surface area (Å²) in [4.78, 5) is 14.5. The molecule has 0 aliphatic carbocycles. The standard InChI is InChI=1S/C18H19BrN2O2/c19-14-5-8-16(17(22)11-14)18(23)20-12-13-3-6-15(7-4-13)21-9-1-2-10-21/h3-8,11,22H,1-2,9-10,12H2,(H,20,23). The van der Waals surface area contributed by atoms with E-state index in [4.69, 9.17) is 0 Å². The van der Waals surface area contributed by atoms with Crippen LogP contribution in [0.2, 0.25) is 0 Å². The number of nitrogens with one attached hydrogen (secondary N) is 1. The Labute approximate surface area is 144 Å². The van der Waals surface area contributed by atoms with E-state index in [1.165, 1.54) is 24.6 Å². The molecule has 0 saturated carbocycles. The van der Waals surface area contributed by atoms with Gasteiger partial charge in [0.25, 0.3) is 5.91 Å². The zero-order valence-electron chi connectivity index (χ0n) is 12.8. The van der Waals surface area contributed by atoms with E-state index >= 15 is 0 Å². The maximum absolute atomic E-state index is 12.1. The van der Waals surface area contributed by atoms with Crippen molar-refractivity contribution in [2.75, 3.05) is 18.0 Å². The molecule has 2 aromatic rings. The van der Waals surface area contributed by atoms with Gasteiger partial charge in [-0.3, -0.25) is 4.79 Å². The van der Waals surface area contributed by atoms with E-state index in [2.05, 4.69) is 38.3 Å². The number of phenols is 1. The van der Waals surface area contributed by atoms with Crippen molar-refractivity contribution in [3.63, 3.8) is 0 Å². The predicted molar refractivity (Wildman–Crippen MR) is 94.9 cm³/mol. The molecule has 0 bridgehead atoms. The van der Waals surface area contributed by atoms with Gasteiger partial charge in [-0.2, -0.15) is 0 Å². The average molecular weight is 375 g/mol. The Bertz CT molecular complexity index is 695. The molecule has 23 heavy (non-hydrogen) atoms. The van der Waals surface area contributed by atoms with Crippen LogP contribution in [0.1, 0.15) is 28.8 Å². The lowest BCUT2D eigenvalue weighted by Crippen LogP contribution is -2.23. The molecule has 0 unspecified atom stereocenters. The molecule has 1 aliphatic rings. The minimum Gasteiger partial charge on any atom is -0.507 e. The Hall–Kier alpha value is -2.01. The molecule has 2 aromatic carbocycles. The molecule has 0 radical (unpaired) electrons. The molecule has 3 rings (SSSR count). The van der Waals surface area contributed by atoms with Crippen molar-refractivity contribution < 1.29 is 9.90 Å². The fourth-order valence-corrected chi connectivity index (χ4v) is 3.12. The fourth-order valence-electron chi connectivity index (χ4n) is 2.77. The molecule has 1 heterocycles. The van der Waals surface area contributed by atoms with Crippen molar-refractivity contribution in [1.82, 2.24) is 5.32 Å². The van der Waals surface area contributed by atoms with Crippen molar-refractivity contribution in [2.45, 2.75) is 19.4 Å². The molecule has 1 aliphatic heterocycles. The number of halogens is 1. The predicted octanol–water partition coefficient (Wildman–Crippen LogP) is 3.68. The van der Waals surface area contributed by atoms with E-state index in [1.807, 2.05) is 12.1 Å². The van der Waals surface area contributed by atoms with Gasteiger partial charge in [-0.25, -0.2) is 0 Å². The lowest BCUT2D eigenvalue weighted by atomic mass is 10.1. The van der Waals surface area contributed by atoms with Crippen LogP contribution in [0.4, 0.5) is 5.69 Å². The summed E-state index contributed by atoms with van der Waals surface area (Å²) in [5.41, 5.74) is 2.56. The molecule has 0 atom stereocenters. The van der Waals surface area contributed by atoms with Gasteiger partial charge in [0.05, 0.1) is 5.56 Å². The largest absolute Gasteiger partial charge is 0.507 e. The van der Waals surface area contributed by atoms with Crippen LogP contribution in [0.15, 0.2) is 46.9 Å². The van der Waals surface area contributed by atoms with E-state index in [-0.39, 0.29) is 17.2 Å². The van der Waals surface area contributed by atoms with Gasteiger partial charge in [-0.1, -0.05) is 28.1 Å². The molecule has 2 N–H and O–H groups in total. The lowest BCUT2D eigenvalue weighted by molar-refractivity contribution is 0.0948. The summed E-state index contributed by atoms with van der Waals surface area (Å²) >= 11 is 3.26. The number of hydrogen-bond donors (Lipinski definition) is 2. The van der Waals surface area contributed by atoms with E-state index in [0.717, 1.165) is 23.1 Å². The average Bonchev–Trinajstić information content (AvgIpc) is 3.07. The molecule has 4 nitrogen and oxygen atoms in total. The van der Waals surface area contributed by atoms with Gasteiger partial charge in [-0.05, 0) is 48.7 Å². The SMILES string of the molecule is O=C(NCc1ccc(N2CCCC2)cc1)c1ccc(Br)cc1O. The van der Waals surface area contributed by atoms with Crippen LogP contribution in [0, 0.1) is 0 Å². The third-order valence-corrected chi connectivity index (χ3v) is 4.56. The van der Waals surface area contributed by atoms with E-state index in [1.54, 1.807) is 12.1 Å². The quantitative estimate of drug-likeness (QED) is 0.857. The molecule has 120 valence electrons. The molecule has 1 fully saturated rings. The van der Waals surface area contributed by atoms with Crippen molar-refractivity contribution in [2.24, 2.45) is 0 Å². The highest BCUT2D eigenvalue weighted by Gasteiger charge is 2.13. The number of hydrogen-bond acceptors (Lipinski definition) is 3. The van der Waals surface area contributed by atoms with Gasteiger partial charge in [0.15, 0.2) is 0 Å². The summed E-state index contributed by atoms with van der Waals surface area (Å²) in [6.45, 7) is 2.69. The first-order valence-electron chi connectivity index (χ1n) is 7.74. The number of phenolic OH excluding ortho intramolecular Hbond substituents is 1. The van der Waals surface area contributed by atoms with Crippen molar-refractivity contribution >= 4 is 27.5 Å². The molecular weight excluding hydrogens is 356 g/mol. The second-order valence-corrected chi connectivity index (χ2v) is 6.62. The minimum absolute atomic E-state index is 0.0266. The second kappa shape index (κ2) is 7.04. The number of rotatable bonds is 4. The summed E-state index contributed by atoms with van der Waals surface area (Å²) in [5, 5.41) is 12.7. The van der Waals surface area contributed by atoms with E-state index in [0.29, 0.717) is 6.54 Å². The lowest BCUT2D eigenvalue weighted by Gasteiger charge is -2.17. The Morgan fingerprint density at radius 2 is 1.83 bits per heavy atom. The smallest absolute Gasteiger partial charge is 0.255 e. The summed E-state index contributed by atoms with van der Waals surface area (Å²) in [7, 11) is 0. The number of carbonyl (C=O) groups excluding carboxylic acids is 1. The molecule has 1 amide bonds. The summed E-state index contributed by atoms with van der Waals surface area (Å²) < 4.78 is 0.740. The zero-order chi connectivity index (χ0) is 16.2. The number of anilines is 1. The Balaban J connectivity index is 1.60. The number of benzene rings is 2. The molecule has 5 heteroatoms. The Kier molecular flexibility index (Phi) is 4.86. The van der Waals surface area contributed by atoms with Gasteiger partial charge >= 0.3 is 0 Å². The van der Waals surface area contributed by atoms with Crippen molar-refractivity contribution in [3.05, 3.63) is 58.1 Å². The Morgan fingerprint density at radius 1 is 1.13 bits per heavy atom. The van der Waals surface area contributed by atoms with Crippen LogP contribution in [0.25, 0.3) is 0 Å². The van der Waals surface area contributed by atoms with Crippen LogP contribution in [0.3, 0.4) is 0 Å². The summed E-state index contributed by atoms with van der Waals surface area (Å²) in [5.74, 6) is -0.306. The minimum atomic E-state index is -0.279. The number of nitrogens with zero attached hydrogens (tertiary/aromatic N) is 1. The summed E-state index contributed by atoms with van der Waals surface area (Å²) in [6, 6.07) is 13.1. The van der Waals surface area contributed by atoms with Gasteiger partial charge in [0.2, 0.25) is 0 Å². The highest BCUT2D eigenvalue weighted by molar-refractivity contribution is 9.10. The number of carbonyl (C=O) groups is 1. The van der Waals surface area contributed by atoms with E-state index < -0.39 is 0 Å². The van der Waals surface area contributed by atoms with Gasteiger partial charge in [0, 0.05) is 29.8 Å². The van der Waals surface area contributed by atoms with Crippen LogP contribution >= 0.6 is 15.9 Å². The maximum atomic E-state index is 12.1. The second-order valence-electron chi connectivity index (χ2n) is 5.70. The van der Waals surface area contributed by atoms with Crippen LogP contribution in [-0.2, 0) is 6.54 Å². The zero-order valence-corrected chi connectivity index (χ0v) is 14.3. The Morgan fingerprint density at radius 3 is 2.48 bits per heavy atom. The fraction of sp³-hybridized carbons (Fsp3) is 0.278. The van der Waals surface area contributed by atoms with Crippen LogP contribution in [-0.4, -0.2) is 24.1 Å². The summed E-state index contributed by atoms with van der Waals surface area (Å²) in [6.07, 6.45) is 2.52. The third kappa shape index (κ3) is 3.85. The van der Waals surface area contributed by atoms with E-state index in [9.17, 15) is 9.90 Å². The number of aromatic hydroxyl groups is 1. The van der Waals surface area contributed by atoms with Gasteiger partial charge in [0.1, 0.15) is 5.75 Å². The first-order chi connectivity index (χ1) is 11.1. The highest BCUT2D eigenvalue weighted by atomic mass is 79.9.